The van der Waals surface area contributed by atoms with Gasteiger partial charge in [0.2, 0.25) is 0 Å². The number of piperidine rings is 1. The van der Waals surface area contributed by atoms with E-state index >= 15 is 0 Å². The molecule has 0 radical (unpaired) electrons. The Labute approximate surface area is 195 Å². The van der Waals surface area contributed by atoms with E-state index in [4.69, 9.17) is 4.98 Å². The summed E-state index contributed by atoms with van der Waals surface area (Å²) in [4.78, 5) is 7.47. The van der Waals surface area contributed by atoms with Crippen molar-refractivity contribution in [3.8, 4) is 5.75 Å². The molecule has 2 aliphatic rings. The van der Waals surface area contributed by atoms with Crippen molar-refractivity contribution in [2.75, 3.05) is 18.4 Å². The second-order valence-corrected chi connectivity index (χ2v) is 9.65. The third-order valence-corrected chi connectivity index (χ3v) is 8.01. The topological polar surface area (TPSA) is 53.3 Å². The number of para-hydroxylation sites is 1. The molecule has 0 bridgehead atoms. The van der Waals surface area contributed by atoms with Crippen LogP contribution < -0.4 is 5.32 Å². The number of nitrogens with zero attached hydrogens (tertiary/aromatic N) is 3. The summed E-state index contributed by atoms with van der Waals surface area (Å²) in [7, 11) is 2.11. The summed E-state index contributed by atoms with van der Waals surface area (Å²) in [5.41, 5.74) is 6.33. The van der Waals surface area contributed by atoms with E-state index in [1.165, 1.54) is 41.5 Å². The highest BCUT2D eigenvalue weighted by molar-refractivity contribution is 6.09. The van der Waals surface area contributed by atoms with Crippen LogP contribution in [0.1, 0.15) is 43.4 Å². The minimum Gasteiger partial charge on any atom is -0.508 e. The summed E-state index contributed by atoms with van der Waals surface area (Å²) in [6.07, 6.45) is 6.40. The van der Waals surface area contributed by atoms with Gasteiger partial charge in [0.1, 0.15) is 5.75 Å². The first-order valence-electron chi connectivity index (χ1n) is 12.3. The number of hydrogen-bond acceptors (Lipinski definition) is 4. The zero-order valence-electron chi connectivity index (χ0n) is 19.5. The molecule has 2 aromatic carbocycles. The largest absolute Gasteiger partial charge is 0.508 e. The van der Waals surface area contributed by atoms with Crippen LogP contribution in [0.5, 0.6) is 5.75 Å². The number of phenolic OH excluding ortho intramolecular Hbond substituents is 1. The SMILES string of the molecule is CCN1CCC2c3ccccc3NC2C1CCCc1nccc2c3cc(O)ccc3n(C)c12. The first kappa shape index (κ1) is 20.5. The lowest BCUT2D eigenvalue weighted by molar-refractivity contribution is 0.123. The Kier molecular flexibility index (Phi) is 5.02. The smallest absolute Gasteiger partial charge is 0.116 e. The fraction of sp³-hybridized carbons (Fsp3) is 0.393. The van der Waals surface area contributed by atoms with Crippen molar-refractivity contribution < 1.29 is 5.11 Å². The highest BCUT2D eigenvalue weighted by atomic mass is 16.3. The summed E-state index contributed by atoms with van der Waals surface area (Å²) in [6.45, 7) is 4.58. The molecule has 1 saturated heterocycles. The summed E-state index contributed by atoms with van der Waals surface area (Å²) in [5, 5.41) is 16.2. The van der Waals surface area contributed by atoms with Gasteiger partial charge in [-0.05, 0) is 74.7 Å². The summed E-state index contributed by atoms with van der Waals surface area (Å²) in [6, 6.07) is 17.6. The number of likely N-dealkylation sites (N-methyl/N-ethyl adjacent to an activating group) is 1. The number of pyridine rings is 1. The van der Waals surface area contributed by atoms with Crippen LogP contribution in [0, 0.1) is 0 Å². The summed E-state index contributed by atoms with van der Waals surface area (Å²) < 4.78 is 2.23. The van der Waals surface area contributed by atoms with Crippen molar-refractivity contribution >= 4 is 27.5 Å². The van der Waals surface area contributed by atoms with Gasteiger partial charge in [-0.2, -0.15) is 0 Å². The Morgan fingerprint density at radius 2 is 2.00 bits per heavy atom. The average molecular weight is 441 g/mol. The zero-order valence-corrected chi connectivity index (χ0v) is 19.5. The number of fused-ring (bicyclic) bond motifs is 6. The molecule has 2 aromatic heterocycles. The standard InChI is InChI=1S/C28H32N4O/c1-3-32-16-14-20-19-7-4-5-8-23(19)30-27(20)26(32)10-6-9-24-28-21(13-15-29-24)22-17-18(33)11-12-25(22)31(28)2/h4-5,7-8,11-13,15,17,20,26-27,30,33H,3,6,9-10,14,16H2,1-2H3. The third-order valence-electron chi connectivity index (χ3n) is 8.01. The van der Waals surface area contributed by atoms with E-state index in [-0.39, 0.29) is 0 Å². The fourth-order valence-electron chi connectivity index (χ4n) is 6.48. The first-order valence-corrected chi connectivity index (χ1v) is 12.3. The number of aromatic nitrogens is 2. The van der Waals surface area contributed by atoms with Gasteiger partial charge in [0, 0.05) is 53.2 Å². The molecule has 2 N–H and O–H groups in total. The molecule has 4 heterocycles. The quantitative estimate of drug-likeness (QED) is 0.435. The van der Waals surface area contributed by atoms with Gasteiger partial charge in [0.25, 0.3) is 0 Å². The first-order chi connectivity index (χ1) is 16.2. The van der Waals surface area contributed by atoms with Crippen LogP contribution in [-0.4, -0.2) is 44.7 Å². The molecular formula is C28H32N4O. The number of rotatable bonds is 5. The fourth-order valence-corrected chi connectivity index (χ4v) is 6.48. The number of benzene rings is 2. The maximum atomic E-state index is 10.0. The lowest BCUT2D eigenvalue weighted by Gasteiger charge is -2.43. The van der Waals surface area contributed by atoms with Gasteiger partial charge in [0.15, 0.2) is 0 Å². The van der Waals surface area contributed by atoms with Crippen molar-refractivity contribution in [3.05, 3.63) is 66.0 Å². The van der Waals surface area contributed by atoms with Gasteiger partial charge in [0.05, 0.1) is 11.2 Å². The van der Waals surface area contributed by atoms with Crippen LogP contribution in [-0.2, 0) is 13.5 Å². The van der Waals surface area contributed by atoms with Gasteiger partial charge in [-0.1, -0.05) is 25.1 Å². The van der Waals surface area contributed by atoms with E-state index in [0.717, 1.165) is 36.0 Å². The van der Waals surface area contributed by atoms with E-state index in [0.29, 0.717) is 23.8 Å². The Balaban J connectivity index is 1.25. The lowest BCUT2D eigenvalue weighted by Crippen LogP contribution is -2.52. The lowest BCUT2D eigenvalue weighted by atomic mass is 9.82. The molecule has 5 nitrogen and oxygen atoms in total. The molecule has 0 aliphatic carbocycles. The summed E-state index contributed by atoms with van der Waals surface area (Å²) in [5.74, 6) is 0.936. The van der Waals surface area contributed by atoms with Crippen molar-refractivity contribution in [1.29, 1.82) is 0 Å². The Bertz CT molecular complexity index is 1330. The van der Waals surface area contributed by atoms with Gasteiger partial charge in [-0.3, -0.25) is 9.88 Å². The second-order valence-electron chi connectivity index (χ2n) is 9.65. The highest BCUT2D eigenvalue weighted by Crippen LogP contribution is 2.44. The minimum absolute atomic E-state index is 0.310. The minimum atomic E-state index is 0.310. The molecule has 2 aliphatic heterocycles. The van der Waals surface area contributed by atoms with Crippen LogP contribution in [0.4, 0.5) is 5.69 Å². The van der Waals surface area contributed by atoms with Crippen LogP contribution >= 0.6 is 0 Å². The molecular weight excluding hydrogens is 408 g/mol. The molecule has 1 fully saturated rings. The average Bonchev–Trinajstić information content (AvgIpc) is 3.35. The number of aromatic hydroxyl groups is 1. The van der Waals surface area contributed by atoms with Crippen LogP contribution in [0.15, 0.2) is 54.7 Å². The second kappa shape index (κ2) is 8.07. The molecule has 6 rings (SSSR count). The third kappa shape index (κ3) is 3.29. The van der Waals surface area contributed by atoms with Gasteiger partial charge >= 0.3 is 0 Å². The van der Waals surface area contributed by atoms with E-state index in [2.05, 4.69) is 59.1 Å². The predicted octanol–water partition coefficient (Wildman–Crippen LogP) is 5.43. The van der Waals surface area contributed by atoms with E-state index in [1.807, 2.05) is 18.3 Å². The van der Waals surface area contributed by atoms with E-state index in [1.54, 1.807) is 6.07 Å². The summed E-state index contributed by atoms with van der Waals surface area (Å²) >= 11 is 0. The predicted molar refractivity (Wildman–Crippen MR) is 135 cm³/mol. The molecule has 0 spiro atoms. The number of likely N-dealkylation sites (tertiary alicyclic amines) is 1. The maximum Gasteiger partial charge on any atom is 0.116 e. The van der Waals surface area contributed by atoms with E-state index < -0.39 is 0 Å². The highest BCUT2D eigenvalue weighted by Gasteiger charge is 2.42. The normalized spacial score (nSPS) is 22.4. The number of hydrogen-bond donors (Lipinski definition) is 2. The Morgan fingerprint density at radius 3 is 2.88 bits per heavy atom. The van der Waals surface area contributed by atoms with Crippen LogP contribution in [0.3, 0.4) is 0 Å². The van der Waals surface area contributed by atoms with Crippen molar-refractivity contribution in [3.63, 3.8) is 0 Å². The van der Waals surface area contributed by atoms with Crippen LogP contribution in [0.2, 0.25) is 0 Å². The maximum absolute atomic E-state index is 10.0. The van der Waals surface area contributed by atoms with Crippen molar-refractivity contribution in [2.24, 2.45) is 7.05 Å². The molecule has 4 aromatic rings. The van der Waals surface area contributed by atoms with E-state index in [9.17, 15) is 5.11 Å². The number of anilines is 1. The Hall–Kier alpha value is -3.05. The molecule has 0 saturated carbocycles. The van der Waals surface area contributed by atoms with Gasteiger partial charge in [-0.15, -0.1) is 0 Å². The van der Waals surface area contributed by atoms with Gasteiger partial charge in [-0.25, -0.2) is 0 Å². The number of aryl methyl sites for hydroxylation is 2. The number of nitrogens with one attached hydrogen (secondary N) is 1. The monoisotopic (exact) mass is 440 g/mol. The van der Waals surface area contributed by atoms with Crippen LogP contribution in [0.25, 0.3) is 21.8 Å². The molecule has 3 atom stereocenters. The Morgan fingerprint density at radius 1 is 1.12 bits per heavy atom. The molecule has 0 amide bonds. The molecule has 5 heteroatoms. The molecule has 33 heavy (non-hydrogen) atoms. The number of phenols is 1. The van der Waals surface area contributed by atoms with Crippen molar-refractivity contribution in [2.45, 2.75) is 50.6 Å². The van der Waals surface area contributed by atoms with Crippen molar-refractivity contribution in [1.82, 2.24) is 14.5 Å². The van der Waals surface area contributed by atoms with Gasteiger partial charge < -0.3 is 15.0 Å². The molecule has 3 unspecified atom stereocenters. The zero-order chi connectivity index (χ0) is 22.5. The molecule has 170 valence electrons.